The maximum Gasteiger partial charge on any atom is 0.416 e. The van der Waals surface area contributed by atoms with Crippen LogP contribution >= 0.6 is 0 Å². The summed E-state index contributed by atoms with van der Waals surface area (Å²) in [6.07, 6.45) is -3.10. The minimum Gasteiger partial charge on any atom is -0.423 e. The molecule has 0 fully saturated rings. The first-order chi connectivity index (χ1) is 8.90. The van der Waals surface area contributed by atoms with Crippen molar-refractivity contribution >= 4 is 0 Å². The SMILES string of the molecule is Cn1cnc(Oc2ccc(CN)c(C(F)(F)F)c2)n1. The van der Waals surface area contributed by atoms with E-state index in [1.807, 2.05) is 0 Å². The van der Waals surface area contributed by atoms with Gasteiger partial charge in [-0.2, -0.15) is 18.2 Å². The molecule has 0 saturated carbocycles. The summed E-state index contributed by atoms with van der Waals surface area (Å²) in [4.78, 5) is 3.77. The Hall–Kier alpha value is -2.09. The maximum atomic E-state index is 12.8. The molecule has 0 spiro atoms. The Labute approximate surface area is 106 Å². The van der Waals surface area contributed by atoms with Crippen molar-refractivity contribution in [2.75, 3.05) is 0 Å². The summed E-state index contributed by atoms with van der Waals surface area (Å²) in [6, 6.07) is 3.55. The lowest BCUT2D eigenvalue weighted by Gasteiger charge is -2.12. The molecule has 0 aliphatic heterocycles. The minimum atomic E-state index is -4.48. The molecule has 0 saturated heterocycles. The number of rotatable bonds is 3. The molecular weight excluding hydrogens is 261 g/mol. The molecule has 1 heterocycles. The molecule has 0 bridgehead atoms. The van der Waals surface area contributed by atoms with E-state index in [-0.39, 0.29) is 23.9 Å². The van der Waals surface area contributed by atoms with Crippen molar-refractivity contribution in [1.82, 2.24) is 14.8 Å². The number of nitrogens with two attached hydrogens (primary N) is 1. The van der Waals surface area contributed by atoms with Crippen LogP contribution in [0.4, 0.5) is 13.2 Å². The summed E-state index contributed by atoms with van der Waals surface area (Å²) in [7, 11) is 1.62. The van der Waals surface area contributed by atoms with Crippen molar-refractivity contribution in [3.05, 3.63) is 35.7 Å². The second-order valence-electron chi connectivity index (χ2n) is 3.82. The van der Waals surface area contributed by atoms with Gasteiger partial charge < -0.3 is 10.5 Å². The molecule has 2 aromatic rings. The standard InChI is InChI=1S/C11H11F3N4O/c1-18-6-16-10(17-18)19-8-3-2-7(5-15)9(4-8)11(12,13)14/h2-4,6H,5,15H2,1H3. The third-order valence-corrected chi connectivity index (χ3v) is 2.39. The number of alkyl halides is 3. The average molecular weight is 272 g/mol. The van der Waals surface area contributed by atoms with Crippen molar-refractivity contribution in [1.29, 1.82) is 0 Å². The highest BCUT2D eigenvalue weighted by Crippen LogP contribution is 2.34. The zero-order chi connectivity index (χ0) is 14.0. The van der Waals surface area contributed by atoms with Gasteiger partial charge in [-0.1, -0.05) is 6.07 Å². The summed E-state index contributed by atoms with van der Waals surface area (Å²) >= 11 is 0. The predicted octanol–water partition coefficient (Wildman–Crippen LogP) is 2.08. The van der Waals surface area contributed by atoms with Crippen molar-refractivity contribution in [2.24, 2.45) is 12.8 Å². The Bertz CT molecular complexity index is 580. The van der Waals surface area contributed by atoms with Crippen LogP contribution in [0.25, 0.3) is 0 Å². The Morgan fingerprint density at radius 3 is 2.63 bits per heavy atom. The van der Waals surface area contributed by atoms with E-state index in [0.717, 1.165) is 6.07 Å². The molecule has 8 heteroatoms. The topological polar surface area (TPSA) is 66.0 Å². The van der Waals surface area contributed by atoms with Gasteiger partial charge in [0.25, 0.3) is 0 Å². The number of hydrogen-bond donors (Lipinski definition) is 1. The smallest absolute Gasteiger partial charge is 0.416 e. The highest BCUT2D eigenvalue weighted by atomic mass is 19.4. The number of halogens is 3. The molecule has 19 heavy (non-hydrogen) atoms. The molecule has 0 atom stereocenters. The minimum absolute atomic E-state index is 0.00818. The molecule has 2 N–H and O–H groups in total. The predicted molar refractivity (Wildman–Crippen MR) is 60.4 cm³/mol. The number of hydrogen-bond acceptors (Lipinski definition) is 4. The van der Waals surface area contributed by atoms with Gasteiger partial charge in [-0.05, 0) is 17.7 Å². The molecule has 0 unspecified atom stereocenters. The third-order valence-electron chi connectivity index (χ3n) is 2.39. The normalized spacial score (nSPS) is 11.6. The number of benzene rings is 1. The second kappa shape index (κ2) is 4.88. The van der Waals surface area contributed by atoms with E-state index in [1.54, 1.807) is 7.05 Å². The van der Waals surface area contributed by atoms with E-state index in [9.17, 15) is 13.2 Å². The fourth-order valence-corrected chi connectivity index (χ4v) is 1.53. The van der Waals surface area contributed by atoms with Crippen LogP contribution in [0.1, 0.15) is 11.1 Å². The van der Waals surface area contributed by atoms with Gasteiger partial charge in [0.2, 0.25) is 0 Å². The fourth-order valence-electron chi connectivity index (χ4n) is 1.53. The van der Waals surface area contributed by atoms with Crippen LogP contribution in [0.5, 0.6) is 11.8 Å². The van der Waals surface area contributed by atoms with E-state index in [0.29, 0.717) is 0 Å². The van der Waals surface area contributed by atoms with Crippen LogP contribution in [0.3, 0.4) is 0 Å². The molecule has 0 aliphatic carbocycles. The monoisotopic (exact) mass is 272 g/mol. The highest BCUT2D eigenvalue weighted by Gasteiger charge is 2.33. The largest absolute Gasteiger partial charge is 0.423 e. The van der Waals surface area contributed by atoms with Crippen molar-refractivity contribution in [3.63, 3.8) is 0 Å². The molecule has 2 rings (SSSR count). The molecule has 102 valence electrons. The average Bonchev–Trinajstić information content (AvgIpc) is 2.73. The number of aryl methyl sites for hydroxylation is 1. The Balaban J connectivity index is 2.32. The fraction of sp³-hybridized carbons (Fsp3) is 0.273. The summed E-state index contributed by atoms with van der Waals surface area (Å²) < 4.78 is 45.0. The van der Waals surface area contributed by atoms with E-state index in [2.05, 4.69) is 10.1 Å². The summed E-state index contributed by atoms with van der Waals surface area (Å²) in [6.45, 7) is -0.197. The molecule has 0 amide bonds. The van der Waals surface area contributed by atoms with E-state index in [4.69, 9.17) is 10.5 Å². The Kier molecular flexibility index (Phi) is 3.43. The lowest BCUT2D eigenvalue weighted by Crippen LogP contribution is -2.12. The van der Waals surface area contributed by atoms with Crippen LogP contribution in [0, 0.1) is 0 Å². The first kappa shape index (κ1) is 13.3. The second-order valence-corrected chi connectivity index (χ2v) is 3.82. The van der Waals surface area contributed by atoms with Crippen LogP contribution in [-0.2, 0) is 19.8 Å². The third kappa shape index (κ3) is 3.02. The highest BCUT2D eigenvalue weighted by molar-refractivity contribution is 5.38. The summed E-state index contributed by atoms with van der Waals surface area (Å²) in [5.74, 6) is 0.00993. The van der Waals surface area contributed by atoms with Crippen LogP contribution < -0.4 is 10.5 Å². The molecular formula is C11H11F3N4O. The van der Waals surface area contributed by atoms with Gasteiger partial charge in [0.05, 0.1) is 5.56 Å². The zero-order valence-corrected chi connectivity index (χ0v) is 9.98. The van der Waals surface area contributed by atoms with Crippen molar-refractivity contribution in [2.45, 2.75) is 12.7 Å². The van der Waals surface area contributed by atoms with Crippen LogP contribution in [-0.4, -0.2) is 14.8 Å². The molecule has 0 aliphatic rings. The van der Waals surface area contributed by atoms with Gasteiger partial charge in [0.1, 0.15) is 12.1 Å². The van der Waals surface area contributed by atoms with Gasteiger partial charge in [0.15, 0.2) is 0 Å². The number of ether oxygens (including phenoxy) is 1. The molecule has 1 aromatic carbocycles. The lowest BCUT2D eigenvalue weighted by molar-refractivity contribution is -0.138. The molecule has 1 aromatic heterocycles. The number of nitrogens with zero attached hydrogens (tertiary/aromatic N) is 3. The molecule has 5 nitrogen and oxygen atoms in total. The maximum absolute atomic E-state index is 12.8. The van der Waals surface area contributed by atoms with Gasteiger partial charge in [-0.15, -0.1) is 5.10 Å². The van der Waals surface area contributed by atoms with Crippen molar-refractivity contribution < 1.29 is 17.9 Å². The first-order valence-electron chi connectivity index (χ1n) is 5.34. The molecule has 0 radical (unpaired) electrons. The number of aromatic nitrogens is 3. The van der Waals surface area contributed by atoms with E-state index >= 15 is 0 Å². The Morgan fingerprint density at radius 1 is 1.37 bits per heavy atom. The van der Waals surface area contributed by atoms with Crippen LogP contribution in [0.15, 0.2) is 24.5 Å². The van der Waals surface area contributed by atoms with Gasteiger partial charge >= 0.3 is 12.2 Å². The quantitative estimate of drug-likeness (QED) is 0.929. The van der Waals surface area contributed by atoms with Gasteiger partial charge in [0, 0.05) is 13.6 Å². The summed E-state index contributed by atoms with van der Waals surface area (Å²) in [5.41, 5.74) is 4.48. The summed E-state index contributed by atoms with van der Waals surface area (Å²) in [5, 5.41) is 3.82. The Morgan fingerprint density at radius 2 is 2.11 bits per heavy atom. The van der Waals surface area contributed by atoms with E-state index < -0.39 is 11.7 Å². The van der Waals surface area contributed by atoms with Crippen LogP contribution in [0.2, 0.25) is 0 Å². The first-order valence-corrected chi connectivity index (χ1v) is 5.34. The van der Waals surface area contributed by atoms with Gasteiger partial charge in [-0.25, -0.2) is 0 Å². The van der Waals surface area contributed by atoms with Crippen molar-refractivity contribution in [3.8, 4) is 11.8 Å². The zero-order valence-electron chi connectivity index (χ0n) is 9.98. The lowest BCUT2D eigenvalue weighted by atomic mass is 10.1. The van der Waals surface area contributed by atoms with E-state index in [1.165, 1.54) is 23.1 Å². The van der Waals surface area contributed by atoms with Gasteiger partial charge in [-0.3, -0.25) is 4.68 Å².